The van der Waals surface area contributed by atoms with E-state index in [1.807, 2.05) is 0 Å². The van der Waals surface area contributed by atoms with Crippen molar-refractivity contribution in [3.63, 3.8) is 0 Å². The zero-order valence-corrected chi connectivity index (χ0v) is 13.9. The van der Waals surface area contributed by atoms with Crippen molar-refractivity contribution in [3.05, 3.63) is 34.1 Å². The Labute approximate surface area is 134 Å². The smallest absolute Gasteiger partial charge is 0.124 e. The van der Waals surface area contributed by atoms with Crippen molar-refractivity contribution in [2.75, 3.05) is 26.2 Å². The van der Waals surface area contributed by atoms with Crippen LogP contribution in [0.1, 0.15) is 30.9 Å². The molecule has 1 aromatic carbocycles. The first-order chi connectivity index (χ1) is 9.24. The lowest BCUT2D eigenvalue weighted by atomic mass is 9.76. The second-order valence-corrected chi connectivity index (χ2v) is 6.54. The van der Waals surface area contributed by atoms with Crippen molar-refractivity contribution >= 4 is 28.3 Å². The average Bonchev–Trinajstić information content (AvgIpc) is 2.33. The maximum absolute atomic E-state index is 13.7. The number of halogens is 3. The van der Waals surface area contributed by atoms with Gasteiger partial charge in [-0.1, -0.05) is 22.4 Å². The van der Waals surface area contributed by atoms with Gasteiger partial charge in [-0.25, -0.2) is 4.39 Å². The van der Waals surface area contributed by atoms with Gasteiger partial charge in [0.1, 0.15) is 5.82 Å². The van der Waals surface area contributed by atoms with E-state index < -0.39 is 0 Å². The molecule has 5 heteroatoms. The van der Waals surface area contributed by atoms with Gasteiger partial charge in [-0.15, -0.1) is 12.4 Å². The molecule has 1 atom stereocenters. The molecule has 0 amide bonds. The second-order valence-electron chi connectivity index (χ2n) is 5.62. The highest BCUT2D eigenvalue weighted by Gasteiger charge is 2.33. The molecule has 112 valence electrons. The first-order valence-electron chi connectivity index (χ1n) is 7.15. The Morgan fingerprint density at radius 1 is 1.20 bits per heavy atom. The van der Waals surface area contributed by atoms with Gasteiger partial charge in [-0.3, -0.25) is 4.90 Å². The Kier molecular flexibility index (Phi) is 5.84. The van der Waals surface area contributed by atoms with Crippen LogP contribution in [0.2, 0.25) is 0 Å². The molecule has 20 heavy (non-hydrogen) atoms. The van der Waals surface area contributed by atoms with E-state index in [0.29, 0.717) is 12.0 Å². The van der Waals surface area contributed by atoms with Crippen molar-refractivity contribution in [1.82, 2.24) is 10.2 Å². The molecule has 3 rings (SSSR count). The standard InChI is InChI=1S/C15H20BrFN2.ClH/c16-13-8-12(9-14(17)10-13)15(11-2-1-3-11)19-6-4-18-5-7-19;/h8-11,15,18H,1-7H2;1H/t15-;/m1./s1. The van der Waals surface area contributed by atoms with Gasteiger partial charge in [0.15, 0.2) is 0 Å². The summed E-state index contributed by atoms with van der Waals surface area (Å²) in [4.78, 5) is 2.53. The van der Waals surface area contributed by atoms with Gasteiger partial charge < -0.3 is 5.32 Å². The van der Waals surface area contributed by atoms with Gasteiger partial charge in [0.2, 0.25) is 0 Å². The molecule has 1 aliphatic carbocycles. The van der Waals surface area contributed by atoms with Gasteiger partial charge in [0, 0.05) is 36.7 Å². The SMILES string of the molecule is Cl.Fc1cc(Br)cc([C@@H](C2CCC2)N2CCNCC2)c1. The Morgan fingerprint density at radius 3 is 2.45 bits per heavy atom. The zero-order chi connectivity index (χ0) is 13.2. The fourth-order valence-electron chi connectivity index (χ4n) is 3.24. The molecule has 2 fully saturated rings. The van der Waals surface area contributed by atoms with Crippen molar-refractivity contribution < 1.29 is 4.39 Å². The largest absolute Gasteiger partial charge is 0.314 e. The summed E-state index contributed by atoms with van der Waals surface area (Å²) in [5, 5.41) is 3.39. The lowest BCUT2D eigenvalue weighted by molar-refractivity contribution is 0.0835. The summed E-state index contributed by atoms with van der Waals surface area (Å²) < 4.78 is 14.5. The Balaban J connectivity index is 0.00000147. The Hall–Kier alpha value is -0.160. The van der Waals surface area contributed by atoms with E-state index in [9.17, 15) is 4.39 Å². The minimum absolute atomic E-state index is 0. The van der Waals surface area contributed by atoms with E-state index in [2.05, 4.69) is 32.2 Å². The van der Waals surface area contributed by atoms with Gasteiger partial charge in [0.25, 0.3) is 0 Å². The summed E-state index contributed by atoms with van der Waals surface area (Å²) >= 11 is 3.42. The molecule has 0 bridgehead atoms. The molecular weight excluding hydrogens is 343 g/mol. The molecule has 1 aliphatic heterocycles. The van der Waals surface area contributed by atoms with E-state index in [0.717, 1.165) is 36.2 Å². The molecule has 0 unspecified atom stereocenters. The number of piperazine rings is 1. The van der Waals surface area contributed by atoms with E-state index >= 15 is 0 Å². The minimum Gasteiger partial charge on any atom is -0.314 e. The maximum atomic E-state index is 13.7. The number of hydrogen-bond acceptors (Lipinski definition) is 2. The number of nitrogens with one attached hydrogen (secondary N) is 1. The first-order valence-corrected chi connectivity index (χ1v) is 7.94. The van der Waals surface area contributed by atoms with E-state index in [1.165, 1.54) is 19.3 Å². The third-order valence-corrected chi connectivity index (χ3v) is 4.83. The normalized spacial score (nSPS) is 21.9. The average molecular weight is 364 g/mol. The van der Waals surface area contributed by atoms with Crippen LogP contribution in [0.4, 0.5) is 4.39 Å². The van der Waals surface area contributed by atoms with E-state index in [1.54, 1.807) is 12.1 Å². The first kappa shape index (κ1) is 16.2. The Morgan fingerprint density at radius 2 is 1.90 bits per heavy atom. The van der Waals surface area contributed by atoms with Gasteiger partial charge in [0.05, 0.1) is 0 Å². The van der Waals surface area contributed by atoms with Crippen LogP contribution >= 0.6 is 28.3 Å². The van der Waals surface area contributed by atoms with Crippen LogP contribution in [-0.4, -0.2) is 31.1 Å². The molecule has 0 aromatic heterocycles. The summed E-state index contributed by atoms with van der Waals surface area (Å²) in [6, 6.07) is 5.74. The highest BCUT2D eigenvalue weighted by Crippen LogP contribution is 2.42. The summed E-state index contributed by atoms with van der Waals surface area (Å²) in [5.74, 6) is 0.565. The van der Waals surface area contributed by atoms with Gasteiger partial charge in [-0.05, 0) is 42.5 Å². The predicted molar refractivity (Wildman–Crippen MR) is 85.9 cm³/mol. The molecule has 0 radical (unpaired) electrons. The van der Waals surface area contributed by atoms with Crippen molar-refractivity contribution in [3.8, 4) is 0 Å². The zero-order valence-electron chi connectivity index (χ0n) is 11.4. The molecule has 0 spiro atoms. The van der Waals surface area contributed by atoms with Crippen LogP contribution in [-0.2, 0) is 0 Å². The van der Waals surface area contributed by atoms with Crippen molar-refractivity contribution in [1.29, 1.82) is 0 Å². The van der Waals surface area contributed by atoms with Crippen molar-refractivity contribution in [2.45, 2.75) is 25.3 Å². The van der Waals surface area contributed by atoms with Crippen molar-refractivity contribution in [2.24, 2.45) is 5.92 Å². The molecule has 2 aliphatic rings. The van der Waals surface area contributed by atoms with Gasteiger partial charge in [-0.2, -0.15) is 0 Å². The topological polar surface area (TPSA) is 15.3 Å². The summed E-state index contributed by atoms with van der Waals surface area (Å²) in [5.41, 5.74) is 1.14. The van der Waals surface area contributed by atoms with Crippen LogP contribution in [0.25, 0.3) is 0 Å². The molecule has 1 saturated heterocycles. The summed E-state index contributed by atoms with van der Waals surface area (Å²) in [6.45, 7) is 4.21. The van der Waals surface area contributed by atoms with E-state index in [4.69, 9.17) is 0 Å². The number of nitrogens with zero attached hydrogens (tertiary/aromatic N) is 1. The van der Waals surface area contributed by atoms with Crippen LogP contribution in [0.15, 0.2) is 22.7 Å². The molecule has 1 N–H and O–H groups in total. The fourth-order valence-corrected chi connectivity index (χ4v) is 3.73. The van der Waals surface area contributed by atoms with Crippen LogP contribution < -0.4 is 5.32 Å². The Bertz CT molecular complexity index is 427. The number of benzene rings is 1. The third kappa shape index (κ3) is 3.53. The monoisotopic (exact) mass is 362 g/mol. The molecule has 1 saturated carbocycles. The molecule has 1 aromatic rings. The minimum atomic E-state index is -0.135. The fraction of sp³-hybridized carbons (Fsp3) is 0.600. The molecule has 1 heterocycles. The summed E-state index contributed by atoms with van der Waals surface area (Å²) in [7, 11) is 0. The lowest BCUT2D eigenvalue weighted by Gasteiger charge is -2.43. The lowest BCUT2D eigenvalue weighted by Crippen LogP contribution is -2.47. The van der Waals surface area contributed by atoms with E-state index in [-0.39, 0.29) is 18.2 Å². The maximum Gasteiger partial charge on any atom is 0.124 e. The van der Waals surface area contributed by atoms with Crippen LogP contribution in [0.5, 0.6) is 0 Å². The van der Waals surface area contributed by atoms with Crippen LogP contribution in [0, 0.1) is 11.7 Å². The number of hydrogen-bond donors (Lipinski definition) is 1. The molecular formula is C15H21BrClFN2. The summed E-state index contributed by atoms with van der Waals surface area (Å²) in [6.07, 6.45) is 3.88. The second kappa shape index (κ2) is 7.21. The predicted octanol–water partition coefficient (Wildman–Crippen LogP) is 3.76. The highest BCUT2D eigenvalue weighted by atomic mass is 79.9. The highest BCUT2D eigenvalue weighted by molar-refractivity contribution is 9.10. The van der Waals surface area contributed by atoms with Crippen LogP contribution in [0.3, 0.4) is 0 Å². The third-order valence-electron chi connectivity index (χ3n) is 4.37. The quantitative estimate of drug-likeness (QED) is 0.880. The van der Waals surface area contributed by atoms with Gasteiger partial charge >= 0.3 is 0 Å². The molecule has 2 nitrogen and oxygen atoms in total. The number of rotatable bonds is 3.